The summed E-state index contributed by atoms with van der Waals surface area (Å²) in [6, 6.07) is 15.9. The van der Waals surface area contributed by atoms with Gasteiger partial charge in [0.05, 0.1) is 16.7 Å². The van der Waals surface area contributed by atoms with Crippen molar-refractivity contribution in [3.63, 3.8) is 0 Å². The number of hydrogen-bond acceptors (Lipinski definition) is 4. The molecule has 0 amide bonds. The van der Waals surface area contributed by atoms with E-state index in [4.69, 9.17) is 16.9 Å². The molecule has 3 rings (SSSR count). The maximum absolute atomic E-state index is 12.7. The molecule has 1 aliphatic heterocycles. The minimum Gasteiger partial charge on any atom is -0.369 e. The Kier molecular flexibility index (Phi) is 4.76. The summed E-state index contributed by atoms with van der Waals surface area (Å²) in [4.78, 5) is 2.26. The number of sulfonamides is 1. The Hall–Kier alpha value is -2.07. The summed E-state index contributed by atoms with van der Waals surface area (Å²) in [6.45, 7) is 1.98. The van der Waals surface area contributed by atoms with E-state index in [2.05, 4.69) is 11.0 Å². The zero-order valence-electron chi connectivity index (χ0n) is 12.9. The van der Waals surface area contributed by atoms with Gasteiger partial charge in [0.2, 0.25) is 10.0 Å². The van der Waals surface area contributed by atoms with Gasteiger partial charge in [0, 0.05) is 31.9 Å². The summed E-state index contributed by atoms with van der Waals surface area (Å²) in [6.07, 6.45) is 0. The van der Waals surface area contributed by atoms with Gasteiger partial charge in [-0.1, -0.05) is 23.7 Å². The van der Waals surface area contributed by atoms with Crippen LogP contribution in [-0.4, -0.2) is 38.9 Å². The van der Waals surface area contributed by atoms with Crippen LogP contribution in [0.2, 0.25) is 5.02 Å². The lowest BCUT2D eigenvalue weighted by molar-refractivity contribution is 0.385. The fourth-order valence-corrected chi connectivity index (χ4v) is 4.64. The number of halogens is 1. The largest absolute Gasteiger partial charge is 0.369 e. The number of anilines is 1. The predicted molar refractivity (Wildman–Crippen MR) is 93.6 cm³/mol. The molecule has 7 heteroatoms. The summed E-state index contributed by atoms with van der Waals surface area (Å²) >= 11 is 6.04. The van der Waals surface area contributed by atoms with Crippen molar-refractivity contribution in [2.75, 3.05) is 31.1 Å². The first-order valence-electron chi connectivity index (χ1n) is 7.52. The summed E-state index contributed by atoms with van der Waals surface area (Å²) in [7, 11) is -3.58. The fraction of sp³-hybridized carbons (Fsp3) is 0.235. The molecule has 0 saturated carbocycles. The summed E-state index contributed by atoms with van der Waals surface area (Å²) in [5.41, 5.74) is 1.60. The van der Waals surface area contributed by atoms with Gasteiger partial charge in [-0.25, -0.2) is 8.42 Å². The Morgan fingerprint density at radius 1 is 0.958 bits per heavy atom. The fourth-order valence-electron chi connectivity index (χ4n) is 2.73. The average molecular weight is 362 g/mol. The predicted octanol–water partition coefficient (Wildman–Crippen LogP) is 2.72. The Morgan fingerprint density at radius 2 is 1.58 bits per heavy atom. The first-order chi connectivity index (χ1) is 11.5. The molecule has 2 aromatic carbocycles. The maximum atomic E-state index is 12.7. The van der Waals surface area contributed by atoms with Gasteiger partial charge in [-0.15, -0.1) is 0 Å². The molecule has 2 aromatic rings. The zero-order valence-corrected chi connectivity index (χ0v) is 14.5. The first-order valence-corrected chi connectivity index (χ1v) is 9.34. The summed E-state index contributed by atoms with van der Waals surface area (Å²) < 4.78 is 26.9. The minimum absolute atomic E-state index is 0.151. The van der Waals surface area contributed by atoms with Crippen molar-refractivity contribution in [2.24, 2.45) is 0 Å². The van der Waals surface area contributed by atoms with E-state index in [1.165, 1.54) is 10.4 Å². The molecule has 5 nitrogen and oxygen atoms in total. The molecule has 0 atom stereocenters. The number of nitriles is 1. The Bertz CT molecular complexity index is 867. The van der Waals surface area contributed by atoms with Crippen LogP contribution in [0.25, 0.3) is 0 Å². The monoisotopic (exact) mass is 361 g/mol. The third-order valence-electron chi connectivity index (χ3n) is 4.05. The molecule has 1 saturated heterocycles. The van der Waals surface area contributed by atoms with Gasteiger partial charge in [0.15, 0.2) is 0 Å². The average Bonchev–Trinajstić information content (AvgIpc) is 2.62. The normalized spacial score (nSPS) is 15.9. The van der Waals surface area contributed by atoms with Crippen LogP contribution in [0.4, 0.5) is 5.69 Å². The second-order valence-corrected chi connectivity index (χ2v) is 7.79. The van der Waals surface area contributed by atoms with Crippen LogP contribution < -0.4 is 4.90 Å². The highest BCUT2D eigenvalue weighted by Crippen LogP contribution is 2.26. The Labute approximate surface area is 146 Å². The van der Waals surface area contributed by atoms with Crippen molar-refractivity contribution >= 4 is 27.3 Å². The second kappa shape index (κ2) is 6.81. The molecule has 0 bridgehead atoms. The number of hydrogen-bond donors (Lipinski definition) is 0. The molecule has 0 radical (unpaired) electrons. The van der Waals surface area contributed by atoms with E-state index in [1.54, 1.807) is 30.3 Å². The van der Waals surface area contributed by atoms with Crippen molar-refractivity contribution in [1.82, 2.24) is 4.31 Å². The molecule has 24 heavy (non-hydrogen) atoms. The lowest BCUT2D eigenvalue weighted by atomic mass is 10.2. The SMILES string of the molecule is N#Cc1ccc(N2CCN(S(=O)(=O)c3ccccc3Cl)CC2)cc1. The van der Waals surface area contributed by atoms with Crippen molar-refractivity contribution < 1.29 is 8.42 Å². The molecule has 0 aromatic heterocycles. The highest BCUT2D eigenvalue weighted by molar-refractivity contribution is 7.89. The van der Waals surface area contributed by atoms with Crippen molar-refractivity contribution in [3.05, 3.63) is 59.1 Å². The zero-order chi connectivity index (χ0) is 17.2. The van der Waals surface area contributed by atoms with Gasteiger partial charge in [-0.05, 0) is 36.4 Å². The second-order valence-electron chi connectivity index (χ2n) is 5.48. The molecule has 1 fully saturated rings. The van der Waals surface area contributed by atoms with Gasteiger partial charge in [-0.2, -0.15) is 9.57 Å². The smallest absolute Gasteiger partial charge is 0.244 e. The molecule has 0 N–H and O–H groups in total. The number of rotatable bonds is 3. The Balaban J connectivity index is 1.73. The molecule has 0 aliphatic carbocycles. The number of piperazine rings is 1. The van der Waals surface area contributed by atoms with Crippen LogP contribution >= 0.6 is 11.6 Å². The van der Waals surface area contributed by atoms with Gasteiger partial charge in [0.25, 0.3) is 0 Å². The molecular weight excluding hydrogens is 346 g/mol. The lowest BCUT2D eigenvalue weighted by Gasteiger charge is -2.35. The van der Waals surface area contributed by atoms with E-state index in [0.717, 1.165) is 5.69 Å². The van der Waals surface area contributed by atoms with Crippen LogP contribution in [0.3, 0.4) is 0 Å². The summed E-state index contributed by atoms with van der Waals surface area (Å²) in [5, 5.41) is 9.09. The molecular formula is C17H16ClN3O2S. The highest BCUT2D eigenvalue weighted by atomic mass is 35.5. The molecule has 124 valence electrons. The lowest BCUT2D eigenvalue weighted by Crippen LogP contribution is -2.48. The van der Waals surface area contributed by atoms with Gasteiger partial charge < -0.3 is 4.90 Å². The Morgan fingerprint density at radius 3 is 2.17 bits per heavy atom. The molecule has 0 spiro atoms. The van der Waals surface area contributed by atoms with E-state index in [9.17, 15) is 8.42 Å². The standard InChI is InChI=1S/C17H16ClN3O2S/c18-16-3-1-2-4-17(16)24(22,23)21-11-9-20(10-12-21)15-7-5-14(13-19)6-8-15/h1-8H,9-12H2. The molecule has 1 aliphatic rings. The minimum atomic E-state index is -3.58. The first kappa shape index (κ1) is 16.8. The van der Waals surface area contributed by atoms with Crippen LogP contribution in [-0.2, 0) is 10.0 Å². The molecule has 0 unspecified atom stereocenters. The van der Waals surface area contributed by atoms with Crippen molar-refractivity contribution in [1.29, 1.82) is 5.26 Å². The maximum Gasteiger partial charge on any atom is 0.244 e. The van der Waals surface area contributed by atoms with Crippen LogP contribution in [0.1, 0.15) is 5.56 Å². The van der Waals surface area contributed by atoms with E-state index >= 15 is 0 Å². The van der Waals surface area contributed by atoms with Crippen molar-refractivity contribution in [2.45, 2.75) is 4.90 Å². The highest BCUT2D eigenvalue weighted by Gasteiger charge is 2.29. The van der Waals surface area contributed by atoms with Gasteiger partial charge in [-0.3, -0.25) is 0 Å². The van der Waals surface area contributed by atoms with Crippen LogP contribution in [0, 0.1) is 11.3 Å². The molecule has 1 heterocycles. The van der Waals surface area contributed by atoms with Crippen LogP contribution in [0.5, 0.6) is 0 Å². The van der Waals surface area contributed by atoms with E-state index < -0.39 is 10.0 Å². The van der Waals surface area contributed by atoms with Gasteiger partial charge in [0.1, 0.15) is 4.90 Å². The third-order valence-corrected chi connectivity index (χ3v) is 6.45. The quantitative estimate of drug-likeness (QED) is 0.843. The third kappa shape index (κ3) is 3.24. The van der Waals surface area contributed by atoms with E-state index in [-0.39, 0.29) is 9.92 Å². The van der Waals surface area contributed by atoms with Gasteiger partial charge >= 0.3 is 0 Å². The summed E-state index contributed by atoms with van der Waals surface area (Å²) in [5.74, 6) is 0. The van der Waals surface area contributed by atoms with Crippen LogP contribution in [0.15, 0.2) is 53.4 Å². The van der Waals surface area contributed by atoms with E-state index in [1.807, 2.05) is 12.1 Å². The van der Waals surface area contributed by atoms with E-state index in [0.29, 0.717) is 31.7 Å². The number of nitrogens with zero attached hydrogens (tertiary/aromatic N) is 3. The van der Waals surface area contributed by atoms with Crippen molar-refractivity contribution in [3.8, 4) is 6.07 Å². The number of benzene rings is 2. The topological polar surface area (TPSA) is 64.4 Å².